The summed E-state index contributed by atoms with van der Waals surface area (Å²) in [6, 6.07) is 14.3. The maximum Gasteiger partial charge on any atom is 0.0755 e. The predicted octanol–water partition coefficient (Wildman–Crippen LogP) is 5.98. The van der Waals surface area contributed by atoms with Crippen LogP contribution in [0.1, 0.15) is 16.8 Å². The zero-order chi connectivity index (χ0) is 15.0. The summed E-state index contributed by atoms with van der Waals surface area (Å²) < 4.78 is 0. The van der Waals surface area contributed by atoms with Crippen LogP contribution in [0, 0.1) is 20.8 Å². The molecule has 1 aromatic heterocycles. The molecule has 4 heteroatoms. The molecular weight excluding hydrogens is 315 g/mol. The lowest BCUT2D eigenvalue weighted by atomic mass is 10.1. The van der Waals surface area contributed by atoms with E-state index < -0.39 is 0 Å². The molecule has 0 saturated heterocycles. The minimum atomic E-state index is 0. The first kappa shape index (κ1) is 16.6. The third-order valence-electron chi connectivity index (χ3n) is 3.62. The zero-order valence-electron chi connectivity index (χ0n) is 12.8. The van der Waals surface area contributed by atoms with Crippen LogP contribution >= 0.6 is 24.0 Å². The maximum atomic E-state index is 6.20. The molecule has 0 atom stereocenters. The molecule has 0 radical (unpaired) electrons. The number of benzene rings is 2. The number of halogens is 2. The molecule has 3 aromatic rings. The van der Waals surface area contributed by atoms with Crippen LogP contribution in [-0.4, -0.2) is 4.98 Å². The topological polar surface area (TPSA) is 24.9 Å². The molecule has 0 unspecified atom stereocenters. The monoisotopic (exact) mass is 332 g/mol. The van der Waals surface area contributed by atoms with E-state index in [1.54, 1.807) is 0 Å². The molecule has 0 bridgehead atoms. The van der Waals surface area contributed by atoms with Crippen molar-refractivity contribution in [2.24, 2.45) is 0 Å². The summed E-state index contributed by atoms with van der Waals surface area (Å²) in [4.78, 5) is 4.64. The molecule has 2 nitrogen and oxygen atoms in total. The van der Waals surface area contributed by atoms with E-state index in [0.29, 0.717) is 0 Å². The van der Waals surface area contributed by atoms with Crippen molar-refractivity contribution < 1.29 is 0 Å². The van der Waals surface area contributed by atoms with Gasteiger partial charge in [0.15, 0.2) is 0 Å². The van der Waals surface area contributed by atoms with Crippen molar-refractivity contribution in [1.29, 1.82) is 0 Å². The number of hydrogen-bond donors (Lipinski definition) is 1. The molecule has 0 aliphatic rings. The first-order chi connectivity index (χ1) is 10.0. The van der Waals surface area contributed by atoms with E-state index in [4.69, 9.17) is 11.6 Å². The highest BCUT2D eigenvalue weighted by Gasteiger charge is 2.07. The molecule has 1 N–H and O–H groups in total. The summed E-state index contributed by atoms with van der Waals surface area (Å²) in [7, 11) is 0. The lowest BCUT2D eigenvalue weighted by Crippen LogP contribution is -1.96. The first-order valence-electron chi connectivity index (χ1n) is 6.95. The lowest BCUT2D eigenvalue weighted by molar-refractivity contribution is 1.24. The quantitative estimate of drug-likeness (QED) is 0.624. The number of hydrogen-bond acceptors (Lipinski definition) is 2. The number of rotatable bonds is 2. The minimum Gasteiger partial charge on any atom is -0.355 e. The Balaban J connectivity index is 0.00000176. The van der Waals surface area contributed by atoms with Crippen molar-refractivity contribution in [2.75, 3.05) is 5.32 Å². The van der Waals surface area contributed by atoms with Crippen molar-refractivity contribution in [3.8, 4) is 0 Å². The lowest BCUT2D eigenvalue weighted by Gasteiger charge is -2.13. The SMILES string of the molecule is Cc1cc(Nc2ccc(C)c(Cl)c2)c2cccc(C)c2n1.Cl. The number of fused-ring (bicyclic) bond motifs is 1. The van der Waals surface area contributed by atoms with Crippen molar-refractivity contribution in [3.05, 3.63) is 64.3 Å². The van der Waals surface area contributed by atoms with Crippen molar-refractivity contribution in [3.63, 3.8) is 0 Å². The third-order valence-corrected chi connectivity index (χ3v) is 4.03. The largest absolute Gasteiger partial charge is 0.355 e. The Morgan fingerprint density at radius 3 is 2.45 bits per heavy atom. The second-order valence-electron chi connectivity index (χ2n) is 5.37. The Morgan fingerprint density at radius 1 is 0.955 bits per heavy atom. The molecule has 1 heterocycles. The number of anilines is 2. The summed E-state index contributed by atoms with van der Waals surface area (Å²) >= 11 is 6.20. The predicted molar refractivity (Wildman–Crippen MR) is 97.9 cm³/mol. The number of para-hydroxylation sites is 1. The molecule has 0 saturated carbocycles. The van der Waals surface area contributed by atoms with Gasteiger partial charge in [0.05, 0.1) is 5.52 Å². The smallest absolute Gasteiger partial charge is 0.0755 e. The van der Waals surface area contributed by atoms with Gasteiger partial charge in [-0.25, -0.2) is 0 Å². The fourth-order valence-corrected chi connectivity index (χ4v) is 2.63. The Bertz CT molecular complexity index is 829. The standard InChI is InChI=1S/C18H17ClN2.ClH/c1-11-7-8-14(10-16(11)19)21-17-9-13(3)20-18-12(2)5-4-6-15(17)18;/h4-10H,1-3H3,(H,20,21);1H. The van der Waals surface area contributed by atoms with Crippen LogP contribution in [0.25, 0.3) is 10.9 Å². The normalized spacial score (nSPS) is 10.4. The Morgan fingerprint density at radius 2 is 1.73 bits per heavy atom. The molecule has 0 aliphatic carbocycles. The van der Waals surface area contributed by atoms with Gasteiger partial charge < -0.3 is 5.32 Å². The fraction of sp³-hybridized carbons (Fsp3) is 0.167. The minimum absolute atomic E-state index is 0. The highest BCUT2D eigenvalue weighted by Crippen LogP contribution is 2.29. The summed E-state index contributed by atoms with van der Waals surface area (Å²) in [5, 5.41) is 5.35. The summed E-state index contributed by atoms with van der Waals surface area (Å²) in [6.07, 6.45) is 0. The summed E-state index contributed by atoms with van der Waals surface area (Å²) in [5.41, 5.74) is 6.34. The van der Waals surface area contributed by atoms with Gasteiger partial charge in [0.2, 0.25) is 0 Å². The number of nitrogens with zero attached hydrogens (tertiary/aromatic N) is 1. The van der Waals surface area contributed by atoms with Crippen LogP contribution in [0.5, 0.6) is 0 Å². The molecule has 0 amide bonds. The molecule has 3 rings (SSSR count). The maximum absolute atomic E-state index is 6.20. The highest BCUT2D eigenvalue weighted by atomic mass is 35.5. The second kappa shape index (κ2) is 6.55. The van der Waals surface area contributed by atoms with Crippen LogP contribution in [-0.2, 0) is 0 Å². The Labute approximate surface area is 141 Å². The van der Waals surface area contributed by atoms with E-state index in [9.17, 15) is 0 Å². The average molecular weight is 333 g/mol. The molecule has 0 fully saturated rings. The number of aromatic nitrogens is 1. The average Bonchev–Trinajstić information content (AvgIpc) is 2.44. The van der Waals surface area contributed by atoms with Gasteiger partial charge in [0.1, 0.15) is 0 Å². The van der Waals surface area contributed by atoms with Crippen molar-refractivity contribution in [1.82, 2.24) is 4.98 Å². The first-order valence-corrected chi connectivity index (χ1v) is 7.32. The van der Waals surface area contributed by atoms with E-state index in [1.807, 2.05) is 32.0 Å². The third kappa shape index (κ3) is 3.18. The van der Waals surface area contributed by atoms with Gasteiger partial charge >= 0.3 is 0 Å². The van der Waals surface area contributed by atoms with Crippen molar-refractivity contribution in [2.45, 2.75) is 20.8 Å². The van der Waals surface area contributed by atoms with E-state index in [2.05, 4.69) is 41.5 Å². The summed E-state index contributed by atoms with van der Waals surface area (Å²) in [5.74, 6) is 0. The van der Waals surface area contributed by atoms with Crippen LogP contribution in [0.2, 0.25) is 5.02 Å². The van der Waals surface area contributed by atoms with Crippen molar-refractivity contribution >= 4 is 46.3 Å². The van der Waals surface area contributed by atoms with Gasteiger partial charge in [-0.3, -0.25) is 4.98 Å². The van der Waals surface area contributed by atoms with Crippen LogP contribution in [0.4, 0.5) is 11.4 Å². The molecule has 114 valence electrons. The molecule has 2 aromatic carbocycles. The number of pyridine rings is 1. The van der Waals surface area contributed by atoms with Crippen LogP contribution in [0.15, 0.2) is 42.5 Å². The van der Waals surface area contributed by atoms with Gasteiger partial charge in [-0.15, -0.1) is 12.4 Å². The Kier molecular flexibility index (Phi) is 4.94. The number of nitrogens with one attached hydrogen (secondary N) is 1. The van der Waals surface area contributed by atoms with Crippen LogP contribution in [0.3, 0.4) is 0 Å². The number of aryl methyl sites for hydroxylation is 3. The van der Waals surface area contributed by atoms with Gasteiger partial charge in [-0.05, 0) is 50.1 Å². The Hall–Kier alpha value is -1.77. The highest BCUT2D eigenvalue weighted by molar-refractivity contribution is 6.31. The van der Waals surface area contributed by atoms with Gasteiger partial charge in [0.25, 0.3) is 0 Å². The zero-order valence-corrected chi connectivity index (χ0v) is 14.3. The van der Waals surface area contributed by atoms with E-state index in [1.165, 1.54) is 5.56 Å². The van der Waals surface area contributed by atoms with E-state index in [0.717, 1.165) is 38.6 Å². The molecule has 22 heavy (non-hydrogen) atoms. The van der Waals surface area contributed by atoms with Gasteiger partial charge in [0, 0.05) is 27.5 Å². The second-order valence-corrected chi connectivity index (χ2v) is 5.78. The molecule has 0 spiro atoms. The molecule has 0 aliphatic heterocycles. The summed E-state index contributed by atoms with van der Waals surface area (Å²) in [6.45, 7) is 6.10. The van der Waals surface area contributed by atoms with Gasteiger partial charge in [-0.2, -0.15) is 0 Å². The molecular formula is C18H18Cl2N2. The van der Waals surface area contributed by atoms with E-state index in [-0.39, 0.29) is 12.4 Å². The van der Waals surface area contributed by atoms with Crippen LogP contribution < -0.4 is 5.32 Å². The van der Waals surface area contributed by atoms with E-state index >= 15 is 0 Å². The fourth-order valence-electron chi connectivity index (χ4n) is 2.45. The van der Waals surface area contributed by atoms with Gasteiger partial charge in [-0.1, -0.05) is 35.9 Å².